The third-order valence-electron chi connectivity index (χ3n) is 3.09. The van der Waals surface area contributed by atoms with Gasteiger partial charge in [-0.2, -0.15) is 5.10 Å². The fourth-order valence-electron chi connectivity index (χ4n) is 2.23. The highest BCUT2D eigenvalue weighted by Crippen LogP contribution is 2.39. The summed E-state index contributed by atoms with van der Waals surface area (Å²) >= 11 is 6.06. The van der Waals surface area contributed by atoms with Crippen LogP contribution in [0.2, 0.25) is 5.02 Å². The minimum absolute atomic E-state index is 0.102. The average Bonchev–Trinajstić information content (AvgIpc) is 2.78. The molecular formula is C12H9ClN2O2. The zero-order chi connectivity index (χ0) is 12.2. The zero-order valence-electron chi connectivity index (χ0n) is 9.04. The maximum absolute atomic E-state index is 11.0. The van der Waals surface area contributed by atoms with Crippen LogP contribution in [0, 0.1) is 6.92 Å². The van der Waals surface area contributed by atoms with Gasteiger partial charge in [-0.05, 0) is 30.2 Å². The highest BCUT2D eigenvalue weighted by molar-refractivity contribution is 6.31. The van der Waals surface area contributed by atoms with Gasteiger partial charge in [-0.15, -0.1) is 0 Å². The Labute approximate surface area is 102 Å². The number of benzene rings is 1. The number of hydrogen-bond donors (Lipinski definition) is 2. The molecule has 0 saturated carbocycles. The van der Waals surface area contributed by atoms with E-state index in [9.17, 15) is 4.79 Å². The van der Waals surface area contributed by atoms with Gasteiger partial charge in [0.1, 0.15) is 0 Å². The van der Waals surface area contributed by atoms with Crippen molar-refractivity contribution in [3.63, 3.8) is 0 Å². The third-order valence-corrected chi connectivity index (χ3v) is 3.50. The second-order valence-corrected chi connectivity index (χ2v) is 4.57. The first-order valence-electron chi connectivity index (χ1n) is 5.18. The van der Waals surface area contributed by atoms with Crippen LogP contribution in [0.3, 0.4) is 0 Å². The summed E-state index contributed by atoms with van der Waals surface area (Å²) < 4.78 is 0. The molecule has 1 aromatic carbocycles. The highest BCUT2D eigenvalue weighted by atomic mass is 35.5. The Hall–Kier alpha value is -1.81. The van der Waals surface area contributed by atoms with E-state index < -0.39 is 5.97 Å². The minimum atomic E-state index is -1.00. The number of fused-ring (bicyclic) bond motifs is 3. The van der Waals surface area contributed by atoms with Gasteiger partial charge >= 0.3 is 5.97 Å². The predicted molar refractivity (Wildman–Crippen MR) is 63.5 cm³/mol. The number of H-pyrrole nitrogens is 1. The van der Waals surface area contributed by atoms with Gasteiger partial charge in [0.25, 0.3) is 0 Å². The van der Waals surface area contributed by atoms with Crippen LogP contribution >= 0.6 is 11.6 Å². The van der Waals surface area contributed by atoms with Crippen molar-refractivity contribution < 1.29 is 9.90 Å². The summed E-state index contributed by atoms with van der Waals surface area (Å²) in [5, 5.41) is 16.4. The van der Waals surface area contributed by atoms with Crippen molar-refractivity contribution in [2.24, 2.45) is 0 Å². The zero-order valence-corrected chi connectivity index (χ0v) is 9.80. The van der Waals surface area contributed by atoms with E-state index in [0.717, 1.165) is 27.9 Å². The van der Waals surface area contributed by atoms with Crippen LogP contribution in [-0.4, -0.2) is 21.3 Å². The van der Waals surface area contributed by atoms with Gasteiger partial charge in [-0.3, -0.25) is 5.10 Å². The molecule has 4 nitrogen and oxygen atoms in total. The molecule has 2 aromatic rings. The molecule has 1 heterocycles. The number of aromatic carboxylic acids is 1. The smallest absolute Gasteiger partial charge is 0.356 e. The molecule has 0 bridgehead atoms. The molecule has 0 unspecified atom stereocenters. The van der Waals surface area contributed by atoms with E-state index in [1.165, 1.54) is 0 Å². The van der Waals surface area contributed by atoms with Crippen LogP contribution < -0.4 is 0 Å². The highest BCUT2D eigenvalue weighted by Gasteiger charge is 2.27. The van der Waals surface area contributed by atoms with E-state index >= 15 is 0 Å². The molecule has 5 heteroatoms. The van der Waals surface area contributed by atoms with E-state index in [-0.39, 0.29) is 5.69 Å². The average molecular weight is 249 g/mol. The summed E-state index contributed by atoms with van der Waals surface area (Å²) in [6.45, 7) is 1.93. The van der Waals surface area contributed by atoms with Crippen LogP contribution in [0.15, 0.2) is 12.1 Å². The summed E-state index contributed by atoms with van der Waals surface area (Å²) in [6.07, 6.45) is 0.572. The largest absolute Gasteiger partial charge is 0.476 e. The Kier molecular flexibility index (Phi) is 2.03. The van der Waals surface area contributed by atoms with E-state index in [0.29, 0.717) is 11.4 Å². The Balaban J connectivity index is 2.22. The number of nitrogens with zero attached hydrogens (tertiary/aromatic N) is 1. The van der Waals surface area contributed by atoms with Crippen LogP contribution in [-0.2, 0) is 6.42 Å². The van der Waals surface area contributed by atoms with E-state index in [2.05, 4.69) is 10.2 Å². The third kappa shape index (κ3) is 1.37. The van der Waals surface area contributed by atoms with Gasteiger partial charge in [0.05, 0.1) is 5.69 Å². The lowest BCUT2D eigenvalue weighted by Crippen LogP contribution is -2.00. The van der Waals surface area contributed by atoms with Crippen molar-refractivity contribution in [2.45, 2.75) is 13.3 Å². The number of carboxylic acids is 1. The predicted octanol–water partition coefficient (Wildman–Crippen LogP) is 2.64. The van der Waals surface area contributed by atoms with Crippen molar-refractivity contribution in [1.29, 1.82) is 0 Å². The molecule has 0 spiro atoms. The molecule has 1 aromatic heterocycles. The lowest BCUT2D eigenvalue weighted by molar-refractivity contribution is 0.0689. The SMILES string of the molecule is Cc1cc2c(cc1Cl)Cc1c(C(=O)O)n[nH]c1-2. The molecule has 1 aliphatic carbocycles. The molecule has 3 rings (SSSR count). The molecule has 86 valence electrons. The molecule has 17 heavy (non-hydrogen) atoms. The molecule has 0 fully saturated rings. The number of aryl methyl sites for hydroxylation is 1. The lowest BCUT2D eigenvalue weighted by atomic mass is 10.1. The number of halogens is 1. The topological polar surface area (TPSA) is 66.0 Å². The van der Waals surface area contributed by atoms with E-state index in [4.69, 9.17) is 16.7 Å². The summed E-state index contributed by atoms with van der Waals surface area (Å²) in [7, 11) is 0. The normalized spacial score (nSPS) is 12.4. The van der Waals surface area contributed by atoms with Crippen LogP contribution in [0.1, 0.15) is 27.2 Å². The molecule has 1 aliphatic rings. The monoisotopic (exact) mass is 248 g/mol. The van der Waals surface area contributed by atoms with Crippen LogP contribution in [0.25, 0.3) is 11.3 Å². The number of aromatic amines is 1. The van der Waals surface area contributed by atoms with Gasteiger partial charge in [0, 0.05) is 22.6 Å². The van der Waals surface area contributed by atoms with Crippen molar-refractivity contribution in [2.75, 3.05) is 0 Å². The summed E-state index contributed by atoms with van der Waals surface area (Å²) in [5.74, 6) is -1.00. The molecule has 0 radical (unpaired) electrons. The number of nitrogens with one attached hydrogen (secondary N) is 1. The fraction of sp³-hybridized carbons (Fsp3) is 0.167. The van der Waals surface area contributed by atoms with Gasteiger partial charge < -0.3 is 5.11 Å². The summed E-state index contributed by atoms with van der Waals surface area (Å²) in [5.41, 5.74) is 4.68. The van der Waals surface area contributed by atoms with Gasteiger partial charge in [0.15, 0.2) is 5.69 Å². The lowest BCUT2D eigenvalue weighted by Gasteiger charge is -2.03. The van der Waals surface area contributed by atoms with Gasteiger partial charge in [-0.25, -0.2) is 4.79 Å². The second-order valence-electron chi connectivity index (χ2n) is 4.17. The quantitative estimate of drug-likeness (QED) is 0.696. The molecule has 0 aliphatic heterocycles. The van der Waals surface area contributed by atoms with Crippen LogP contribution in [0.4, 0.5) is 0 Å². The number of carbonyl (C=O) groups is 1. The number of hydrogen-bond acceptors (Lipinski definition) is 2. The van der Waals surface area contributed by atoms with Crippen molar-refractivity contribution in [3.8, 4) is 11.3 Å². The summed E-state index contributed by atoms with van der Waals surface area (Å²) in [6, 6.07) is 3.86. The van der Waals surface area contributed by atoms with E-state index in [1.807, 2.05) is 19.1 Å². The van der Waals surface area contributed by atoms with Gasteiger partial charge in [0.2, 0.25) is 0 Å². The standard InChI is InChI=1S/C12H9ClN2O2/c1-5-2-7-6(4-9(5)13)3-8-10(7)14-15-11(8)12(16)17/h2,4H,3H2,1H3,(H,14,15)(H,16,17). The van der Waals surface area contributed by atoms with E-state index in [1.54, 1.807) is 0 Å². The first-order valence-corrected chi connectivity index (χ1v) is 5.55. The minimum Gasteiger partial charge on any atom is -0.476 e. The molecular weight excluding hydrogens is 240 g/mol. The first kappa shape index (κ1) is 10.4. The Morgan fingerprint density at radius 2 is 2.29 bits per heavy atom. The Morgan fingerprint density at radius 3 is 3.00 bits per heavy atom. The van der Waals surface area contributed by atoms with Gasteiger partial charge in [-0.1, -0.05) is 11.6 Å². The number of carboxylic acid groups (broad SMARTS) is 1. The summed E-state index contributed by atoms with van der Waals surface area (Å²) in [4.78, 5) is 11.0. The molecule has 2 N–H and O–H groups in total. The number of aromatic nitrogens is 2. The second kappa shape index (κ2) is 3.34. The van der Waals surface area contributed by atoms with Crippen LogP contribution in [0.5, 0.6) is 0 Å². The van der Waals surface area contributed by atoms with Crippen molar-refractivity contribution >= 4 is 17.6 Å². The maximum Gasteiger partial charge on any atom is 0.356 e. The maximum atomic E-state index is 11.0. The Morgan fingerprint density at radius 1 is 1.53 bits per heavy atom. The first-order chi connectivity index (χ1) is 8.08. The van der Waals surface area contributed by atoms with Crippen molar-refractivity contribution in [3.05, 3.63) is 39.5 Å². The van der Waals surface area contributed by atoms with Crippen molar-refractivity contribution in [1.82, 2.24) is 10.2 Å². The number of rotatable bonds is 1. The molecule has 0 saturated heterocycles. The molecule has 0 amide bonds. The Bertz CT molecular complexity index is 646. The molecule has 0 atom stereocenters. The fourth-order valence-corrected chi connectivity index (χ4v) is 2.42.